The van der Waals surface area contributed by atoms with Gasteiger partial charge in [0.15, 0.2) is 16.7 Å². The molecule has 0 saturated carbocycles. The van der Waals surface area contributed by atoms with E-state index in [1.54, 1.807) is 12.1 Å². The molecule has 1 amide bonds. The molecule has 0 aromatic heterocycles. The first-order valence-electron chi connectivity index (χ1n) is 10.5. The van der Waals surface area contributed by atoms with E-state index in [-0.39, 0.29) is 5.91 Å². The van der Waals surface area contributed by atoms with Crippen molar-refractivity contribution in [3.05, 3.63) is 58.0 Å². The van der Waals surface area contributed by atoms with Gasteiger partial charge < -0.3 is 14.8 Å². The van der Waals surface area contributed by atoms with Crippen LogP contribution in [0.1, 0.15) is 45.1 Å². The molecule has 0 aliphatic carbocycles. The van der Waals surface area contributed by atoms with Gasteiger partial charge in [0, 0.05) is 0 Å². The van der Waals surface area contributed by atoms with Crippen molar-refractivity contribution in [1.29, 1.82) is 0 Å². The van der Waals surface area contributed by atoms with Gasteiger partial charge in [0.1, 0.15) is 0 Å². The lowest BCUT2D eigenvalue weighted by atomic mass is 10.1. The van der Waals surface area contributed by atoms with Crippen molar-refractivity contribution in [2.24, 2.45) is 4.99 Å². The Kier molecular flexibility index (Phi) is 8.85. The van der Waals surface area contributed by atoms with Gasteiger partial charge in [0.25, 0.3) is 5.91 Å². The quantitative estimate of drug-likeness (QED) is 0.322. The van der Waals surface area contributed by atoms with Gasteiger partial charge in [-0.25, -0.2) is 4.99 Å². The van der Waals surface area contributed by atoms with Gasteiger partial charge in [-0.1, -0.05) is 56.0 Å². The largest absolute Gasteiger partial charge is 0.490 e. The Morgan fingerprint density at radius 3 is 2.65 bits per heavy atom. The zero-order valence-corrected chi connectivity index (χ0v) is 19.4. The number of amidine groups is 1. The average Bonchev–Trinajstić information content (AvgIpc) is 3.09. The van der Waals surface area contributed by atoms with Crippen LogP contribution < -0.4 is 14.8 Å². The van der Waals surface area contributed by atoms with E-state index in [1.807, 2.05) is 43.3 Å². The van der Waals surface area contributed by atoms with E-state index < -0.39 is 0 Å². The highest BCUT2D eigenvalue weighted by atomic mass is 35.5. The summed E-state index contributed by atoms with van der Waals surface area (Å²) in [6.45, 7) is 5.18. The van der Waals surface area contributed by atoms with Crippen molar-refractivity contribution < 1.29 is 14.3 Å². The van der Waals surface area contributed by atoms with Gasteiger partial charge in [-0.3, -0.25) is 4.79 Å². The predicted octanol–water partition coefficient (Wildman–Crippen LogP) is 6.59. The number of carbonyl (C=O) groups is 1. The fourth-order valence-corrected chi connectivity index (χ4v) is 4.14. The van der Waals surface area contributed by atoms with E-state index in [1.165, 1.54) is 24.6 Å². The molecule has 5 nitrogen and oxygen atoms in total. The number of unbranched alkanes of at least 4 members (excludes halogenated alkanes) is 3. The lowest BCUT2D eigenvalue weighted by Crippen LogP contribution is -2.19. The number of rotatable bonds is 10. The second-order valence-electron chi connectivity index (χ2n) is 6.99. The fourth-order valence-electron chi connectivity index (χ4n) is 3.03. The first-order chi connectivity index (χ1) is 15.1. The van der Waals surface area contributed by atoms with Gasteiger partial charge in [-0.05, 0) is 61.0 Å². The van der Waals surface area contributed by atoms with Crippen molar-refractivity contribution in [2.75, 3.05) is 13.2 Å². The third-order valence-electron chi connectivity index (χ3n) is 4.51. The number of para-hydroxylation sites is 1. The van der Waals surface area contributed by atoms with Gasteiger partial charge in [0.2, 0.25) is 0 Å². The zero-order chi connectivity index (χ0) is 22.1. The van der Waals surface area contributed by atoms with Crippen molar-refractivity contribution in [2.45, 2.75) is 39.5 Å². The number of benzene rings is 2. The van der Waals surface area contributed by atoms with Crippen LogP contribution in [0.25, 0.3) is 6.08 Å². The maximum atomic E-state index is 12.4. The minimum absolute atomic E-state index is 0.190. The molecule has 1 saturated heterocycles. The molecular formula is C24H27ClN2O3S. The molecule has 2 aromatic rings. The second-order valence-corrected chi connectivity index (χ2v) is 8.43. The molecule has 3 rings (SSSR count). The molecular weight excluding hydrogens is 432 g/mol. The Morgan fingerprint density at radius 2 is 1.90 bits per heavy atom. The maximum Gasteiger partial charge on any atom is 0.264 e. The predicted molar refractivity (Wildman–Crippen MR) is 130 cm³/mol. The number of nitrogens with one attached hydrogen (secondary N) is 1. The number of hydrogen-bond donors (Lipinski definition) is 1. The summed E-state index contributed by atoms with van der Waals surface area (Å²) in [7, 11) is 0. The van der Waals surface area contributed by atoms with Crippen molar-refractivity contribution in [3.8, 4) is 11.5 Å². The smallest absolute Gasteiger partial charge is 0.264 e. The van der Waals surface area contributed by atoms with Crippen LogP contribution in [0.2, 0.25) is 5.02 Å². The summed E-state index contributed by atoms with van der Waals surface area (Å²) in [5, 5.41) is 3.81. The van der Waals surface area contributed by atoms with Crippen LogP contribution in [0.4, 0.5) is 5.69 Å². The zero-order valence-electron chi connectivity index (χ0n) is 17.8. The molecule has 0 atom stereocenters. The molecule has 2 aromatic carbocycles. The first kappa shape index (κ1) is 23.2. The van der Waals surface area contributed by atoms with Gasteiger partial charge >= 0.3 is 0 Å². The summed E-state index contributed by atoms with van der Waals surface area (Å²) in [4.78, 5) is 17.4. The number of thioether (sulfide) groups is 1. The number of carbonyl (C=O) groups excluding carboxylic acids is 1. The molecule has 1 N–H and O–H groups in total. The van der Waals surface area contributed by atoms with E-state index in [4.69, 9.17) is 21.1 Å². The van der Waals surface area contributed by atoms with Crippen molar-refractivity contribution in [1.82, 2.24) is 5.32 Å². The third-order valence-corrected chi connectivity index (χ3v) is 5.70. The monoisotopic (exact) mass is 458 g/mol. The van der Waals surface area contributed by atoms with Crippen LogP contribution in [0.3, 0.4) is 0 Å². The SMILES string of the molecule is CCCCCCOc1c(Cl)cc(/C=C2/SC(=Nc3ccccc3)NC2=O)cc1OCC. The maximum absolute atomic E-state index is 12.4. The molecule has 0 bridgehead atoms. The molecule has 1 aliphatic rings. The van der Waals surface area contributed by atoms with Gasteiger partial charge in [-0.2, -0.15) is 0 Å². The molecule has 1 heterocycles. The second kappa shape index (κ2) is 11.8. The van der Waals surface area contributed by atoms with Crippen LogP contribution in [0, 0.1) is 0 Å². The first-order valence-corrected chi connectivity index (χ1v) is 11.7. The van der Waals surface area contributed by atoms with Gasteiger partial charge in [-0.15, -0.1) is 0 Å². The van der Waals surface area contributed by atoms with Crippen LogP contribution in [0.15, 0.2) is 52.4 Å². The Hall–Kier alpha value is -2.44. The van der Waals surface area contributed by atoms with E-state index in [0.29, 0.717) is 39.8 Å². The Balaban J connectivity index is 1.76. The topological polar surface area (TPSA) is 59.9 Å². The summed E-state index contributed by atoms with van der Waals surface area (Å²) in [5.74, 6) is 0.945. The summed E-state index contributed by atoms with van der Waals surface area (Å²) in [5.41, 5.74) is 1.55. The summed E-state index contributed by atoms with van der Waals surface area (Å²) < 4.78 is 11.7. The van der Waals surface area contributed by atoms with Crippen molar-refractivity contribution in [3.63, 3.8) is 0 Å². The summed E-state index contributed by atoms with van der Waals surface area (Å²) in [6, 6.07) is 13.1. The fraction of sp³-hybridized carbons (Fsp3) is 0.333. The van der Waals surface area contributed by atoms with Crippen molar-refractivity contribution >= 4 is 46.2 Å². The Labute approximate surface area is 192 Å². The molecule has 164 valence electrons. The van der Waals surface area contributed by atoms with Gasteiger partial charge in [0.05, 0.1) is 28.8 Å². The number of halogens is 1. The highest BCUT2D eigenvalue weighted by Crippen LogP contribution is 2.38. The van der Waals surface area contributed by atoms with Crippen LogP contribution >= 0.6 is 23.4 Å². The molecule has 7 heteroatoms. The molecule has 0 spiro atoms. The highest BCUT2D eigenvalue weighted by Gasteiger charge is 2.24. The van der Waals surface area contributed by atoms with Crippen LogP contribution in [0.5, 0.6) is 11.5 Å². The summed E-state index contributed by atoms with van der Waals surface area (Å²) in [6.07, 6.45) is 6.26. The Morgan fingerprint density at radius 1 is 1.10 bits per heavy atom. The Bertz CT molecular complexity index is 961. The number of hydrogen-bond acceptors (Lipinski definition) is 5. The number of amides is 1. The van der Waals surface area contributed by atoms with E-state index in [9.17, 15) is 4.79 Å². The lowest BCUT2D eigenvalue weighted by molar-refractivity contribution is -0.115. The van der Waals surface area contributed by atoms with E-state index in [0.717, 1.165) is 24.1 Å². The normalized spacial score (nSPS) is 16.0. The number of nitrogens with zero attached hydrogens (tertiary/aromatic N) is 1. The van der Waals surface area contributed by atoms with E-state index >= 15 is 0 Å². The van der Waals surface area contributed by atoms with Crippen LogP contribution in [-0.2, 0) is 4.79 Å². The minimum atomic E-state index is -0.190. The molecule has 1 aliphatic heterocycles. The molecule has 31 heavy (non-hydrogen) atoms. The molecule has 1 fully saturated rings. The highest BCUT2D eigenvalue weighted by molar-refractivity contribution is 8.18. The third kappa shape index (κ3) is 6.77. The lowest BCUT2D eigenvalue weighted by Gasteiger charge is -2.14. The summed E-state index contributed by atoms with van der Waals surface area (Å²) >= 11 is 7.80. The number of aliphatic imine (C=N–C) groups is 1. The molecule has 0 unspecified atom stereocenters. The standard InChI is InChI=1S/C24H27ClN2O3S/c1-3-5-6-10-13-30-22-19(25)14-17(15-20(22)29-4-2)16-21-23(28)27-24(31-21)26-18-11-8-7-9-12-18/h7-9,11-12,14-16H,3-6,10,13H2,1-2H3,(H,26,27,28)/b21-16+. The minimum Gasteiger partial charge on any atom is -0.490 e. The number of ether oxygens (including phenoxy) is 2. The molecule has 0 radical (unpaired) electrons. The van der Waals surface area contributed by atoms with Crippen LogP contribution in [-0.4, -0.2) is 24.3 Å². The van der Waals surface area contributed by atoms with E-state index in [2.05, 4.69) is 17.2 Å². The average molecular weight is 459 g/mol.